The lowest BCUT2D eigenvalue weighted by atomic mass is 10.00. The summed E-state index contributed by atoms with van der Waals surface area (Å²) in [4.78, 5) is 14.5. The first-order valence-electron chi connectivity index (χ1n) is 8.26. The van der Waals surface area contributed by atoms with Gasteiger partial charge in [-0.25, -0.2) is 0 Å². The molecule has 0 radical (unpaired) electrons. The molecule has 0 aromatic heterocycles. The predicted octanol–water partition coefficient (Wildman–Crippen LogP) is 3.27. The fraction of sp³-hybridized carbons (Fsp3) is 0.588. The molecule has 9 heteroatoms. The van der Waals surface area contributed by atoms with E-state index in [0.717, 1.165) is 25.2 Å². The smallest absolute Gasteiger partial charge is 0.354 e. The van der Waals surface area contributed by atoms with Crippen LogP contribution in [-0.4, -0.2) is 43.5 Å². The standard InChI is InChI=1S/C17H24F3N3O.2ClH/c1-3-23(4-2)15(16(24)22-11-12-9-21-10-12)13-6-5-7-14(8-13)17(18,19)20;;/h5-8,12,15,21H,3-4,9-11H2,1-2H3,(H,22,24);2*1H. The molecule has 2 N–H and O–H groups in total. The molecule has 1 aliphatic heterocycles. The lowest BCUT2D eigenvalue weighted by molar-refractivity contribution is -0.138. The Morgan fingerprint density at radius 2 is 1.88 bits per heavy atom. The first kappa shape index (κ1) is 25.0. The summed E-state index contributed by atoms with van der Waals surface area (Å²) in [6.07, 6.45) is -4.42. The Balaban J connectivity index is 0.00000312. The van der Waals surface area contributed by atoms with Gasteiger partial charge in [-0.1, -0.05) is 26.0 Å². The van der Waals surface area contributed by atoms with Crippen molar-refractivity contribution in [3.8, 4) is 0 Å². The van der Waals surface area contributed by atoms with Crippen molar-refractivity contribution in [1.29, 1.82) is 0 Å². The van der Waals surface area contributed by atoms with Crippen molar-refractivity contribution in [1.82, 2.24) is 15.5 Å². The van der Waals surface area contributed by atoms with Crippen LogP contribution in [0.15, 0.2) is 24.3 Å². The van der Waals surface area contributed by atoms with E-state index in [2.05, 4.69) is 10.6 Å². The number of likely N-dealkylation sites (N-methyl/N-ethyl adjacent to an activating group) is 1. The highest BCUT2D eigenvalue weighted by molar-refractivity contribution is 5.85. The van der Waals surface area contributed by atoms with E-state index in [4.69, 9.17) is 0 Å². The van der Waals surface area contributed by atoms with E-state index >= 15 is 0 Å². The van der Waals surface area contributed by atoms with Gasteiger partial charge >= 0.3 is 6.18 Å². The molecule has 1 amide bonds. The lowest BCUT2D eigenvalue weighted by Gasteiger charge is -2.32. The number of halogens is 5. The maximum atomic E-state index is 13.0. The molecule has 1 saturated heterocycles. The minimum atomic E-state index is -4.42. The summed E-state index contributed by atoms with van der Waals surface area (Å²) in [6, 6.07) is 4.34. The van der Waals surface area contributed by atoms with E-state index in [-0.39, 0.29) is 30.7 Å². The average molecular weight is 416 g/mol. The number of rotatable bonds is 7. The second kappa shape index (κ2) is 11.0. The van der Waals surface area contributed by atoms with Crippen molar-refractivity contribution in [2.24, 2.45) is 5.92 Å². The van der Waals surface area contributed by atoms with E-state index in [1.54, 1.807) is 6.07 Å². The molecule has 1 aromatic carbocycles. The number of hydrogen-bond acceptors (Lipinski definition) is 3. The highest BCUT2D eigenvalue weighted by Crippen LogP contribution is 2.32. The van der Waals surface area contributed by atoms with Crippen LogP contribution in [0.4, 0.5) is 13.2 Å². The molecule has 26 heavy (non-hydrogen) atoms. The third kappa shape index (κ3) is 6.30. The topological polar surface area (TPSA) is 44.4 Å². The van der Waals surface area contributed by atoms with Crippen LogP contribution in [0, 0.1) is 5.92 Å². The number of nitrogens with zero attached hydrogens (tertiary/aromatic N) is 1. The Morgan fingerprint density at radius 1 is 1.27 bits per heavy atom. The van der Waals surface area contributed by atoms with E-state index in [0.29, 0.717) is 31.1 Å². The Hall–Kier alpha value is -1.02. The molecule has 2 rings (SSSR count). The zero-order valence-electron chi connectivity index (χ0n) is 14.8. The van der Waals surface area contributed by atoms with Gasteiger partial charge in [0.15, 0.2) is 0 Å². The SMILES string of the molecule is CCN(CC)C(C(=O)NCC1CNC1)c1cccc(C(F)(F)F)c1.Cl.Cl. The van der Waals surface area contributed by atoms with Crippen LogP contribution in [0.3, 0.4) is 0 Å². The van der Waals surface area contributed by atoms with Gasteiger partial charge < -0.3 is 10.6 Å². The van der Waals surface area contributed by atoms with Crippen molar-refractivity contribution < 1.29 is 18.0 Å². The van der Waals surface area contributed by atoms with Gasteiger partial charge in [0, 0.05) is 25.6 Å². The van der Waals surface area contributed by atoms with Gasteiger partial charge in [0.25, 0.3) is 0 Å². The van der Waals surface area contributed by atoms with Gasteiger partial charge in [-0.15, -0.1) is 24.8 Å². The second-order valence-electron chi connectivity index (χ2n) is 6.02. The van der Waals surface area contributed by atoms with Gasteiger partial charge in [-0.05, 0) is 30.8 Å². The van der Waals surface area contributed by atoms with Crippen LogP contribution < -0.4 is 10.6 Å². The van der Waals surface area contributed by atoms with Gasteiger partial charge in [-0.3, -0.25) is 9.69 Å². The van der Waals surface area contributed by atoms with Crippen molar-refractivity contribution >= 4 is 30.7 Å². The quantitative estimate of drug-likeness (QED) is 0.717. The van der Waals surface area contributed by atoms with Crippen LogP contribution in [0.25, 0.3) is 0 Å². The van der Waals surface area contributed by atoms with Gasteiger partial charge in [0.2, 0.25) is 5.91 Å². The molecule has 0 aliphatic carbocycles. The van der Waals surface area contributed by atoms with Gasteiger partial charge in [0.1, 0.15) is 6.04 Å². The highest BCUT2D eigenvalue weighted by Gasteiger charge is 2.33. The molecule has 1 atom stereocenters. The summed E-state index contributed by atoms with van der Waals surface area (Å²) >= 11 is 0. The average Bonchev–Trinajstić information content (AvgIpc) is 2.50. The molecule has 0 bridgehead atoms. The molecule has 1 aromatic rings. The summed E-state index contributed by atoms with van der Waals surface area (Å²) in [7, 11) is 0. The minimum absolute atomic E-state index is 0. The molecule has 4 nitrogen and oxygen atoms in total. The number of carbonyl (C=O) groups is 1. The van der Waals surface area contributed by atoms with Crippen LogP contribution in [0.2, 0.25) is 0 Å². The molecular formula is C17H26Cl2F3N3O. The summed E-state index contributed by atoms with van der Waals surface area (Å²) in [5.41, 5.74) is -0.356. The summed E-state index contributed by atoms with van der Waals surface area (Å²) in [6.45, 7) is 7.22. The molecule has 1 fully saturated rings. The van der Waals surface area contributed by atoms with Crippen LogP contribution in [0.1, 0.15) is 31.0 Å². The zero-order chi connectivity index (χ0) is 17.7. The summed E-state index contributed by atoms with van der Waals surface area (Å²) < 4.78 is 39.0. The zero-order valence-corrected chi connectivity index (χ0v) is 16.4. The molecule has 1 heterocycles. The Labute approximate surface area is 164 Å². The molecule has 1 aliphatic rings. The lowest BCUT2D eigenvalue weighted by Crippen LogP contribution is -2.50. The number of amides is 1. The number of hydrogen-bond donors (Lipinski definition) is 2. The first-order valence-corrected chi connectivity index (χ1v) is 8.26. The van der Waals surface area contributed by atoms with Crippen LogP contribution >= 0.6 is 24.8 Å². The second-order valence-corrected chi connectivity index (χ2v) is 6.02. The fourth-order valence-electron chi connectivity index (χ4n) is 2.84. The Kier molecular flexibility index (Phi) is 10.5. The van der Waals surface area contributed by atoms with Crippen molar-refractivity contribution in [2.75, 3.05) is 32.7 Å². The third-order valence-corrected chi connectivity index (χ3v) is 4.39. The maximum absolute atomic E-state index is 13.0. The van der Waals surface area contributed by atoms with E-state index in [1.807, 2.05) is 18.7 Å². The van der Waals surface area contributed by atoms with E-state index < -0.39 is 17.8 Å². The molecule has 0 saturated carbocycles. The van der Waals surface area contributed by atoms with E-state index in [9.17, 15) is 18.0 Å². The van der Waals surface area contributed by atoms with Crippen LogP contribution in [0.5, 0.6) is 0 Å². The Morgan fingerprint density at radius 3 is 2.35 bits per heavy atom. The molecule has 1 unspecified atom stereocenters. The first-order chi connectivity index (χ1) is 11.4. The molecule has 0 spiro atoms. The van der Waals surface area contributed by atoms with E-state index in [1.165, 1.54) is 6.07 Å². The predicted molar refractivity (Wildman–Crippen MR) is 101 cm³/mol. The fourth-order valence-corrected chi connectivity index (χ4v) is 2.84. The van der Waals surface area contributed by atoms with Gasteiger partial charge in [-0.2, -0.15) is 13.2 Å². The Bertz CT molecular complexity index is 564. The number of carbonyl (C=O) groups excluding carboxylic acids is 1. The molecule has 150 valence electrons. The maximum Gasteiger partial charge on any atom is 0.416 e. The largest absolute Gasteiger partial charge is 0.416 e. The van der Waals surface area contributed by atoms with Crippen LogP contribution in [-0.2, 0) is 11.0 Å². The molecular weight excluding hydrogens is 390 g/mol. The number of nitrogens with one attached hydrogen (secondary N) is 2. The number of benzene rings is 1. The normalized spacial score (nSPS) is 15.5. The van der Waals surface area contributed by atoms with Crippen molar-refractivity contribution in [2.45, 2.75) is 26.1 Å². The highest BCUT2D eigenvalue weighted by atomic mass is 35.5. The monoisotopic (exact) mass is 415 g/mol. The number of alkyl halides is 3. The van der Waals surface area contributed by atoms with Gasteiger partial charge in [0.05, 0.1) is 5.56 Å². The summed E-state index contributed by atoms with van der Waals surface area (Å²) in [5.74, 6) is 0.151. The van der Waals surface area contributed by atoms with Crippen molar-refractivity contribution in [3.63, 3.8) is 0 Å². The van der Waals surface area contributed by atoms with Crippen molar-refractivity contribution in [3.05, 3.63) is 35.4 Å². The minimum Gasteiger partial charge on any atom is -0.354 e. The third-order valence-electron chi connectivity index (χ3n) is 4.39. The summed E-state index contributed by atoms with van der Waals surface area (Å²) in [5, 5.41) is 6.02.